The Morgan fingerprint density at radius 1 is 1.29 bits per heavy atom. The highest BCUT2D eigenvalue weighted by molar-refractivity contribution is 7.89. The van der Waals surface area contributed by atoms with Gasteiger partial charge in [0.1, 0.15) is 11.6 Å². The van der Waals surface area contributed by atoms with Gasteiger partial charge in [0.05, 0.1) is 24.5 Å². The largest absolute Gasteiger partial charge is 0.593 e. The van der Waals surface area contributed by atoms with Crippen LogP contribution in [0.15, 0.2) is 29.2 Å². The number of aliphatic carboxylic acids is 1. The van der Waals surface area contributed by atoms with Gasteiger partial charge in [-0.2, -0.15) is 13.2 Å². The minimum Gasteiger partial charge on any atom is -0.593 e. The lowest BCUT2D eigenvalue weighted by atomic mass is 10.2. The molecule has 0 spiro atoms. The zero-order valence-corrected chi connectivity index (χ0v) is 13.4. The summed E-state index contributed by atoms with van der Waals surface area (Å²) in [6.07, 6.45) is -4.67. The molecule has 1 aliphatic rings. The molecule has 0 bridgehead atoms. The third-order valence-corrected chi connectivity index (χ3v) is 5.18. The first-order valence-corrected chi connectivity index (χ1v) is 8.06. The smallest absolute Gasteiger partial charge is 0.421 e. The molecule has 1 amide bonds. The number of nitrogens with zero attached hydrogens (tertiary/aromatic N) is 2. The number of carbonyl (C=O) groups is 2. The number of hydrogen-bond acceptors (Lipinski definition) is 4. The third kappa shape index (κ3) is 3.82. The van der Waals surface area contributed by atoms with E-state index in [4.69, 9.17) is 0 Å². The van der Waals surface area contributed by atoms with Crippen LogP contribution in [0.1, 0.15) is 12.5 Å². The fraction of sp³-hybridized carbons (Fsp3) is 0.429. The molecule has 1 saturated heterocycles. The Bertz CT molecular complexity index is 641. The second-order valence-corrected chi connectivity index (χ2v) is 6.65. The zero-order chi connectivity index (χ0) is 18.1. The molecule has 10 heteroatoms. The van der Waals surface area contributed by atoms with Gasteiger partial charge in [0.2, 0.25) is 5.91 Å². The minimum absolute atomic E-state index is 0.0160. The highest BCUT2D eigenvalue weighted by atomic mass is 32.2. The van der Waals surface area contributed by atoms with Crippen LogP contribution in [0.4, 0.5) is 13.2 Å². The van der Waals surface area contributed by atoms with Gasteiger partial charge in [0.15, 0.2) is 4.90 Å². The predicted molar refractivity (Wildman–Crippen MR) is 78.2 cm³/mol. The lowest BCUT2D eigenvalue weighted by Gasteiger charge is -2.38. The van der Waals surface area contributed by atoms with Gasteiger partial charge in [-0.1, -0.05) is 12.1 Å². The number of halogens is 3. The molecule has 0 aliphatic carbocycles. The van der Waals surface area contributed by atoms with E-state index in [0.717, 1.165) is 21.3 Å². The number of carboxylic acid groups (broad SMARTS) is 1. The molecule has 2 unspecified atom stereocenters. The number of rotatable bonds is 3. The summed E-state index contributed by atoms with van der Waals surface area (Å²) in [7, 11) is 0. The van der Waals surface area contributed by atoms with E-state index in [0.29, 0.717) is 0 Å². The first-order valence-electron chi connectivity index (χ1n) is 6.96. The fourth-order valence-electron chi connectivity index (χ4n) is 2.49. The lowest BCUT2D eigenvalue weighted by Crippen LogP contribution is -2.58. The Hall–Kier alpha value is -1.78. The summed E-state index contributed by atoms with van der Waals surface area (Å²) in [5, 5.41) is 9.21. The van der Waals surface area contributed by atoms with Crippen molar-refractivity contribution >= 4 is 23.2 Å². The number of piperazine rings is 1. The highest BCUT2D eigenvalue weighted by Crippen LogP contribution is 2.35. The van der Waals surface area contributed by atoms with Crippen molar-refractivity contribution in [2.45, 2.75) is 24.0 Å². The topological polar surface area (TPSA) is 83.9 Å². The van der Waals surface area contributed by atoms with Crippen LogP contribution in [0.25, 0.3) is 0 Å². The summed E-state index contributed by atoms with van der Waals surface area (Å²) in [6.45, 7) is 0.892. The minimum atomic E-state index is -4.67. The van der Waals surface area contributed by atoms with Gasteiger partial charge in [-0.05, 0) is 12.1 Å². The van der Waals surface area contributed by atoms with Crippen molar-refractivity contribution in [3.8, 4) is 0 Å². The van der Waals surface area contributed by atoms with E-state index in [1.54, 1.807) is 0 Å². The quantitative estimate of drug-likeness (QED) is 0.819. The van der Waals surface area contributed by atoms with Crippen molar-refractivity contribution < 1.29 is 32.4 Å². The summed E-state index contributed by atoms with van der Waals surface area (Å²) in [5.74, 6) is -1.75. The summed E-state index contributed by atoms with van der Waals surface area (Å²) in [4.78, 5) is 23.4. The average molecular weight is 364 g/mol. The molecule has 0 radical (unpaired) electrons. The van der Waals surface area contributed by atoms with Crippen molar-refractivity contribution in [1.82, 2.24) is 9.21 Å². The van der Waals surface area contributed by atoms with Crippen LogP contribution in [0, 0.1) is 0 Å². The maximum Gasteiger partial charge on any atom is 0.421 e. The van der Waals surface area contributed by atoms with Gasteiger partial charge in [0.25, 0.3) is 0 Å². The molecule has 1 N–H and O–H groups in total. The predicted octanol–water partition coefficient (Wildman–Crippen LogP) is 1.35. The first kappa shape index (κ1) is 18.6. The van der Waals surface area contributed by atoms with E-state index in [2.05, 4.69) is 0 Å². The maximum absolute atomic E-state index is 13.0. The SMILES string of the molecule is CC(=O)N1CCN([S+]([O-])c2ccccc2C(F)(F)F)CC1C(=O)O. The summed E-state index contributed by atoms with van der Waals surface area (Å²) >= 11 is -2.18. The number of carboxylic acids is 1. The van der Waals surface area contributed by atoms with Crippen molar-refractivity contribution in [1.29, 1.82) is 0 Å². The van der Waals surface area contributed by atoms with Crippen LogP contribution in [0.2, 0.25) is 0 Å². The van der Waals surface area contributed by atoms with Crippen LogP contribution in [-0.4, -0.2) is 56.4 Å². The average Bonchev–Trinajstić information content (AvgIpc) is 2.52. The normalized spacial score (nSPS) is 20.7. The second kappa shape index (κ2) is 6.99. The Morgan fingerprint density at radius 2 is 1.92 bits per heavy atom. The Morgan fingerprint density at radius 3 is 2.46 bits per heavy atom. The van der Waals surface area contributed by atoms with Crippen LogP contribution in [0.5, 0.6) is 0 Å². The second-order valence-electron chi connectivity index (χ2n) is 5.20. The van der Waals surface area contributed by atoms with E-state index in [-0.39, 0.29) is 19.6 Å². The molecule has 1 fully saturated rings. The standard InChI is InChI=1S/C14H15F3N2O4S/c1-9(20)19-7-6-18(8-11(19)13(21)22)24(23)12-5-3-2-4-10(12)14(15,16)17/h2-5,11H,6-8H2,1H3,(H,21,22). The van der Waals surface area contributed by atoms with E-state index >= 15 is 0 Å². The van der Waals surface area contributed by atoms with Gasteiger partial charge >= 0.3 is 12.1 Å². The van der Waals surface area contributed by atoms with Crippen molar-refractivity contribution in [2.75, 3.05) is 19.6 Å². The van der Waals surface area contributed by atoms with E-state index in [1.807, 2.05) is 0 Å². The molecule has 1 aromatic rings. The zero-order valence-electron chi connectivity index (χ0n) is 12.6. The first-order chi connectivity index (χ1) is 11.1. The Kier molecular flexibility index (Phi) is 5.41. The number of amides is 1. The molecule has 1 aromatic carbocycles. The van der Waals surface area contributed by atoms with E-state index in [1.165, 1.54) is 19.1 Å². The maximum atomic E-state index is 13.0. The molecule has 0 saturated carbocycles. The number of carbonyl (C=O) groups excluding carboxylic acids is 1. The summed E-state index contributed by atoms with van der Waals surface area (Å²) < 4.78 is 52.8. The van der Waals surface area contributed by atoms with Gasteiger partial charge in [-0.15, -0.1) is 4.31 Å². The summed E-state index contributed by atoms with van der Waals surface area (Å²) in [5.41, 5.74) is -1.02. The highest BCUT2D eigenvalue weighted by Gasteiger charge is 2.43. The Labute approximate surface area is 139 Å². The van der Waals surface area contributed by atoms with E-state index in [9.17, 15) is 32.4 Å². The lowest BCUT2D eigenvalue weighted by molar-refractivity contribution is -0.151. The van der Waals surface area contributed by atoms with Crippen LogP contribution in [0.3, 0.4) is 0 Å². The number of hydrogen-bond donors (Lipinski definition) is 1. The molecular formula is C14H15F3N2O4S. The molecule has 1 aliphatic heterocycles. The Balaban J connectivity index is 2.27. The molecule has 6 nitrogen and oxygen atoms in total. The van der Waals surface area contributed by atoms with Crippen molar-refractivity contribution in [3.05, 3.63) is 29.8 Å². The monoisotopic (exact) mass is 364 g/mol. The molecule has 132 valence electrons. The van der Waals surface area contributed by atoms with Crippen molar-refractivity contribution in [2.24, 2.45) is 0 Å². The number of alkyl halides is 3. The molecule has 0 aromatic heterocycles. The van der Waals surface area contributed by atoms with Gasteiger partial charge < -0.3 is 14.6 Å². The van der Waals surface area contributed by atoms with Gasteiger partial charge in [0, 0.05) is 13.5 Å². The van der Waals surface area contributed by atoms with Gasteiger partial charge in [-0.3, -0.25) is 4.79 Å². The van der Waals surface area contributed by atoms with Crippen LogP contribution >= 0.6 is 0 Å². The van der Waals surface area contributed by atoms with Crippen molar-refractivity contribution in [3.63, 3.8) is 0 Å². The molecule has 1 heterocycles. The summed E-state index contributed by atoms with van der Waals surface area (Å²) in [6, 6.07) is 3.21. The fourth-order valence-corrected chi connectivity index (χ4v) is 3.86. The van der Waals surface area contributed by atoms with Crippen LogP contribution < -0.4 is 0 Å². The molecule has 2 rings (SSSR count). The van der Waals surface area contributed by atoms with Crippen LogP contribution in [-0.2, 0) is 27.1 Å². The number of benzene rings is 1. The molecular weight excluding hydrogens is 349 g/mol. The molecule has 24 heavy (non-hydrogen) atoms. The van der Waals surface area contributed by atoms with Gasteiger partial charge in [-0.25, -0.2) is 4.79 Å². The molecule has 2 atom stereocenters. The van der Waals surface area contributed by atoms with E-state index < -0.39 is 45.9 Å². The third-order valence-electron chi connectivity index (χ3n) is 3.65.